The normalized spacial score (nSPS) is 15.1. The summed E-state index contributed by atoms with van der Waals surface area (Å²) in [5.74, 6) is -0.0539. The highest BCUT2D eigenvalue weighted by molar-refractivity contribution is 8.19. The highest BCUT2D eigenvalue weighted by atomic mass is 32.2. The smallest absolute Gasteiger partial charge is 0.267 e. The molecule has 184 valence electrons. The summed E-state index contributed by atoms with van der Waals surface area (Å²) in [4.78, 5) is 22.1. The first-order valence-corrected chi connectivity index (χ1v) is 13.3. The lowest BCUT2D eigenvalue weighted by atomic mass is 10.1. The number of nitrogens with zero attached hydrogens (tertiary/aromatic N) is 4. The quantitative estimate of drug-likeness (QED) is 0.436. The van der Waals surface area contributed by atoms with Crippen molar-refractivity contribution in [2.75, 3.05) is 25.7 Å². The maximum absolute atomic E-state index is 13.0. The van der Waals surface area contributed by atoms with E-state index in [0.29, 0.717) is 27.9 Å². The zero-order valence-corrected chi connectivity index (χ0v) is 22.8. The van der Waals surface area contributed by atoms with E-state index in [-0.39, 0.29) is 11.9 Å². The lowest BCUT2D eigenvalue weighted by Gasteiger charge is -2.17. The van der Waals surface area contributed by atoms with Crippen molar-refractivity contribution >= 4 is 46.0 Å². The number of hydrogen-bond acceptors (Lipinski definition) is 7. The Morgan fingerprint density at radius 3 is 2.49 bits per heavy atom. The molecule has 1 aliphatic heterocycles. The molecule has 0 unspecified atom stereocenters. The van der Waals surface area contributed by atoms with Gasteiger partial charge in [0.25, 0.3) is 5.91 Å². The molecule has 2 aromatic rings. The molecular formula is C27H33N5OS2. The topological polar surface area (TPSA) is 71.7 Å². The molecule has 1 aliphatic rings. The maximum atomic E-state index is 13.0. The predicted molar refractivity (Wildman–Crippen MR) is 152 cm³/mol. The number of benzene rings is 2. The van der Waals surface area contributed by atoms with Crippen molar-refractivity contribution in [1.29, 1.82) is 5.26 Å². The summed E-state index contributed by atoms with van der Waals surface area (Å²) in [6.45, 7) is 10.2. The molecule has 0 spiro atoms. The molecule has 0 aromatic heterocycles. The molecule has 1 amide bonds. The van der Waals surface area contributed by atoms with Crippen LogP contribution in [0.25, 0.3) is 0 Å². The van der Waals surface area contributed by atoms with Crippen molar-refractivity contribution in [3.63, 3.8) is 0 Å². The van der Waals surface area contributed by atoms with Gasteiger partial charge in [0.05, 0.1) is 34.5 Å². The van der Waals surface area contributed by atoms with Gasteiger partial charge in [-0.25, -0.2) is 4.99 Å². The summed E-state index contributed by atoms with van der Waals surface area (Å²) in [6, 6.07) is 17.6. The second-order valence-electron chi connectivity index (χ2n) is 8.36. The van der Waals surface area contributed by atoms with E-state index in [4.69, 9.17) is 4.99 Å². The average Bonchev–Trinajstić information content (AvgIpc) is 3.10. The Hall–Kier alpha value is -3.15. The van der Waals surface area contributed by atoms with Gasteiger partial charge in [-0.3, -0.25) is 9.69 Å². The fraction of sp³-hybridized carbons (Fsp3) is 0.296. The Kier molecular flexibility index (Phi) is 11.0. The number of rotatable bonds is 7. The van der Waals surface area contributed by atoms with Gasteiger partial charge in [0.15, 0.2) is 5.17 Å². The lowest BCUT2D eigenvalue weighted by Crippen LogP contribution is -2.28. The number of anilines is 1. The molecule has 2 aromatic carbocycles. The molecule has 1 saturated heterocycles. The van der Waals surface area contributed by atoms with E-state index < -0.39 is 0 Å². The van der Waals surface area contributed by atoms with E-state index in [1.165, 1.54) is 23.5 Å². The van der Waals surface area contributed by atoms with Crippen molar-refractivity contribution in [1.82, 2.24) is 9.80 Å². The first kappa shape index (κ1) is 28.1. The molecule has 6 nitrogen and oxygen atoms in total. The Labute approximate surface area is 217 Å². The average molecular weight is 508 g/mol. The number of aliphatic imine (C=N–C) groups is 1. The number of carbonyl (C=O) groups is 1. The van der Waals surface area contributed by atoms with Gasteiger partial charge >= 0.3 is 0 Å². The van der Waals surface area contributed by atoms with Crippen molar-refractivity contribution in [2.45, 2.75) is 33.4 Å². The van der Waals surface area contributed by atoms with Gasteiger partial charge in [-0.15, -0.1) is 11.8 Å². The van der Waals surface area contributed by atoms with Crippen molar-refractivity contribution in [3.8, 4) is 6.07 Å². The van der Waals surface area contributed by atoms with Crippen LogP contribution in [0.2, 0.25) is 0 Å². The van der Waals surface area contributed by atoms with Crippen molar-refractivity contribution in [2.24, 2.45) is 4.99 Å². The summed E-state index contributed by atoms with van der Waals surface area (Å²) in [7, 11) is 3.95. The summed E-state index contributed by atoms with van der Waals surface area (Å²) in [5.41, 5.74) is 4.14. The standard InChI is InChI=1S/C22H22N4OS2.C5H11N/c1-15(2)24-18-10-9-17(12-23)11-19(18)25-22-26(13-16-7-5-4-6-8-16)21(27)20(29-22)14-28-3;1-5(2)6(3)4/h4-11,14-15,24H,13H2,1-3H3;1H2,2-4H3/b20-14-,25-22?;. The van der Waals surface area contributed by atoms with Crippen molar-refractivity contribution in [3.05, 3.63) is 82.2 Å². The second-order valence-corrected chi connectivity index (χ2v) is 10.1. The molecule has 3 rings (SSSR count). The molecule has 0 bridgehead atoms. The third kappa shape index (κ3) is 8.53. The SMILES string of the molecule is C=C(C)N(C)C.CS/C=C1\SC(=Nc2cc(C#N)ccc2NC(C)C)N(Cc2ccccc2)C1=O. The van der Waals surface area contributed by atoms with Gasteiger partial charge in [0.2, 0.25) is 0 Å². The van der Waals surface area contributed by atoms with E-state index in [0.717, 1.165) is 16.9 Å². The molecular weight excluding hydrogens is 474 g/mol. The number of allylic oxidation sites excluding steroid dienone is 1. The maximum Gasteiger partial charge on any atom is 0.267 e. The minimum absolute atomic E-state index is 0.0539. The third-order valence-electron chi connectivity index (χ3n) is 4.85. The Bertz CT molecular complexity index is 1130. The summed E-state index contributed by atoms with van der Waals surface area (Å²) in [5, 5.41) is 15.1. The van der Waals surface area contributed by atoms with E-state index in [1.54, 1.807) is 17.0 Å². The molecule has 8 heteroatoms. The number of carbonyl (C=O) groups excluding carboxylic acids is 1. The molecule has 0 aliphatic carbocycles. The Morgan fingerprint density at radius 2 is 1.94 bits per heavy atom. The first-order valence-electron chi connectivity index (χ1n) is 11.1. The van der Waals surface area contributed by atoms with Crippen LogP contribution in [0.1, 0.15) is 31.9 Å². The Balaban J connectivity index is 0.000000641. The van der Waals surface area contributed by atoms with Crippen molar-refractivity contribution < 1.29 is 4.79 Å². The van der Waals surface area contributed by atoms with Crippen LogP contribution in [0.4, 0.5) is 11.4 Å². The van der Waals surface area contributed by atoms with Crippen LogP contribution in [-0.2, 0) is 11.3 Å². The van der Waals surface area contributed by atoms with E-state index in [9.17, 15) is 10.1 Å². The molecule has 1 fully saturated rings. The minimum Gasteiger partial charge on any atom is -0.382 e. The van der Waals surface area contributed by atoms with E-state index >= 15 is 0 Å². The Morgan fingerprint density at radius 1 is 1.29 bits per heavy atom. The third-order valence-corrected chi connectivity index (χ3v) is 6.47. The van der Waals surface area contributed by atoms with Gasteiger partial charge in [0.1, 0.15) is 0 Å². The van der Waals surface area contributed by atoms with Gasteiger partial charge in [-0.1, -0.05) is 36.9 Å². The molecule has 0 saturated carbocycles. The van der Waals surface area contributed by atoms with Crippen LogP contribution in [0.15, 0.2) is 76.1 Å². The van der Waals surface area contributed by atoms with Crippen LogP contribution in [0, 0.1) is 11.3 Å². The predicted octanol–water partition coefficient (Wildman–Crippen LogP) is 6.43. The number of amides is 1. The van der Waals surface area contributed by atoms with E-state index in [1.807, 2.05) is 87.8 Å². The number of thioether (sulfide) groups is 2. The van der Waals surface area contributed by atoms with Crippen LogP contribution in [-0.4, -0.2) is 47.3 Å². The molecule has 35 heavy (non-hydrogen) atoms. The molecule has 0 radical (unpaired) electrons. The van der Waals surface area contributed by atoms with Gasteiger partial charge in [-0.2, -0.15) is 5.26 Å². The second kappa shape index (κ2) is 13.7. The monoisotopic (exact) mass is 507 g/mol. The number of amidine groups is 1. The number of nitrogens with one attached hydrogen (secondary N) is 1. The summed E-state index contributed by atoms with van der Waals surface area (Å²) < 4.78 is 0. The zero-order valence-electron chi connectivity index (χ0n) is 21.2. The first-order chi connectivity index (χ1) is 16.7. The lowest BCUT2D eigenvalue weighted by molar-refractivity contribution is -0.122. The van der Waals surface area contributed by atoms with Crippen LogP contribution in [0.3, 0.4) is 0 Å². The van der Waals surface area contributed by atoms with Crippen LogP contribution in [0.5, 0.6) is 0 Å². The van der Waals surface area contributed by atoms with Crippen LogP contribution < -0.4 is 5.32 Å². The van der Waals surface area contributed by atoms with Gasteiger partial charge in [-0.05, 0) is 68.0 Å². The van der Waals surface area contributed by atoms with Crippen LogP contribution >= 0.6 is 23.5 Å². The van der Waals surface area contributed by atoms with Gasteiger partial charge in [0, 0.05) is 25.8 Å². The molecule has 1 N–H and O–H groups in total. The summed E-state index contributed by atoms with van der Waals surface area (Å²) in [6.07, 6.45) is 1.93. The highest BCUT2D eigenvalue weighted by Crippen LogP contribution is 2.37. The van der Waals surface area contributed by atoms with E-state index in [2.05, 4.69) is 18.0 Å². The molecule has 0 atom stereocenters. The zero-order chi connectivity index (χ0) is 26.0. The molecule has 1 heterocycles. The summed E-state index contributed by atoms with van der Waals surface area (Å²) >= 11 is 2.86. The largest absolute Gasteiger partial charge is 0.382 e. The number of nitriles is 1. The minimum atomic E-state index is -0.0539. The number of hydrogen-bond donors (Lipinski definition) is 1. The van der Waals surface area contributed by atoms with Gasteiger partial charge < -0.3 is 10.2 Å². The highest BCUT2D eigenvalue weighted by Gasteiger charge is 2.33. The fourth-order valence-corrected chi connectivity index (χ4v) is 4.41. The fourth-order valence-electron chi connectivity index (χ4n) is 2.82.